The highest BCUT2D eigenvalue weighted by Gasteiger charge is 2.41. The molecule has 0 aromatic carbocycles. The van der Waals surface area contributed by atoms with Crippen molar-refractivity contribution in [1.29, 1.82) is 0 Å². The lowest BCUT2D eigenvalue weighted by Crippen LogP contribution is -2.36. The molecule has 1 aliphatic rings. The first-order chi connectivity index (χ1) is 15.6. The molecule has 0 bridgehead atoms. The number of aliphatic hydroxyl groups is 3. The predicted octanol–water partition coefficient (Wildman–Crippen LogP) is 2.25. The van der Waals surface area contributed by atoms with Crippen molar-refractivity contribution in [3.63, 3.8) is 0 Å². The van der Waals surface area contributed by atoms with Crippen LogP contribution in [-0.4, -0.2) is 72.8 Å². The molecule has 4 atom stereocenters. The molecule has 178 valence electrons. The van der Waals surface area contributed by atoms with Crippen molar-refractivity contribution < 1.29 is 28.5 Å². The van der Waals surface area contributed by atoms with Gasteiger partial charge < -0.3 is 26.0 Å². The fourth-order valence-corrected chi connectivity index (χ4v) is 4.98. The predicted molar refractivity (Wildman–Crippen MR) is 117 cm³/mol. The summed E-state index contributed by atoms with van der Waals surface area (Å²) in [5.41, 5.74) is 2.32. The summed E-state index contributed by atoms with van der Waals surface area (Å²) in [5.74, 6) is -0.601. The van der Waals surface area contributed by atoms with E-state index in [2.05, 4.69) is 30.6 Å². The van der Waals surface area contributed by atoms with Gasteiger partial charge in [0, 0.05) is 18.2 Å². The van der Waals surface area contributed by atoms with E-state index in [1.54, 1.807) is 13.1 Å². The van der Waals surface area contributed by atoms with Gasteiger partial charge in [-0.15, -0.1) is 11.3 Å². The maximum absolute atomic E-state index is 12.7. The van der Waals surface area contributed by atoms with E-state index in [0.29, 0.717) is 21.8 Å². The number of hydrogen-bond donors (Lipinski definition) is 5. The summed E-state index contributed by atoms with van der Waals surface area (Å²) < 4.78 is 39.0. The van der Waals surface area contributed by atoms with Crippen molar-refractivity contribution in [2.45, 2.75) is 44.7 Å². The average molecular weight is 485 g/mol. The molecule has 0 unspecified atom stereocenters. The lowest BCUT2D eigenvalue weighted by atomic mass is 10.1. The molecule has 1 aliphatic carbocycles. The molecule has 33 heavy (non-hydrogen) atoms. The summed E-state index contributed by atoms with van der Waals surface area (Å²) in [6, 6.07) is 1.20. The van der Waals surface area contributed by atoms with Crippen molar-refractivity contribution in [1.82, 2.24) is 19.9 Å². The second-order valence-corrected chi connectivity index (χ2v) is 9.08. The molecule has 3 aromatic heterocycles. The quantitative estimate of drug-likeness (QED) is 0.357. The van der Waals surface area contributed by atoms with E-state index in [4.69, 9.17) is 0 Å². The molecule has 1 saturated carbocycles. The minimum atomic E-state index is -4.46. The van der Waals surface area contributed by atoms with Crippen molar-refractivity contribution in [2.75, 3.05) is 23.8 Å². The zero-order chi connectivity index (χ0) is 23.9. The number of halogens is 3. The highest BCUT2D eigenvalue weighted by molar-refractivity contribution is 7.21. The molecule has 1 fully saturated rings. The Morgan fingerprint density at radius 3 is 2.58 bits per heavy atom. The number of anilines is 2. The summed E-state index contributed by atoms with van der Waals surface area (Å²) in [4.78, 5) is 17.2. The molecule has 0 radical (unpaired) electrons. The van der Waals surface area contributed by atoms with Gasteiger partial charge in [0.1, 0.15) is 29.0 Å². The Balaban J connectivity index is 1.75. The Morgan fingerprint density at radius 2 is 1.91 bits per heavy atom. The van der Waals surface area contributed by atoms with Crippen LogP contribution in [-0.2, 0) is 0 Å². The Hall–Kier alpha value is -2.61. The zero-order valence-corrected chi connectivity index (χ0v) is 18.6. The molecule has 0 saturated heterocycles. The van der Waals surface area contributed by atoms with Gasteiger partial charge in [0.25, 0.3) is 0 Å². The summed E-state index contributed by atoms with van der Waals surface area (Å²) in [5, 5.41) is 35.8. The number of fused-ring (bicyclic) bond motifs is 1. The molecule has 4 rings (SSSR count). The van der Waals surface area contributed by atoms with E-state index in [-0.39, 0.29) is 24.8 Å². The first-order valence-corrected chi connectivity index (χ1v) is 11.0. The Bertz CT molecular complexity index is 1160. The Labute approximate surface area is 190 Å². The number of hydrogen-bond acceptors (Lipinski definition) is 10. The van der Waals surface area contributed by atoms with Gasteiger partial charge in [-0.3, -0.25) is 4.98 Å². The summed E-state index contributed by atoms with van der Waals surface area (Å²) in [7, 11) is 0. The molecule has 9 nitrogen and oxygen atoms in total. The van der Waals surface area contributed by atoms with Crippen LogP contribution >= 0.6 is 11.3 Å². The molecular formula is C20H23F3N6O3S. The first-order valence-electron chi connectivity index (χ1n) is 10.2. The third-order valence-electron chi connectivity index (χ3n) is 5.52. The van der Waals surface area contributed by atoms with Crippen molar-refractivity contribution in [3.8, 4) is 10.6 Å². The van der Waals surface area contributed by atoms with Crippen molar-refractivity contribution >= 4 is 33.3 Å². The van der Waals surface area contributed by atoms with Crippen LogP contribution in [0.25, 0.3) is 20.8 Å². The standard InChI is InChI=1S/C20H23F3N6O3S/c1-8-3-13-12(5-24-8)28-18(33-13)14-9(2)26-19(25-7-20(21,22)23)29-17(14)27-11-4-10(6-30)15(31)16(11)32/h3,5,10-11,15-16,30-32H,4,6-7H2,1-2H3,(H2,25,26,27,29)/t10-,11-,15-,16+/m1/s1. The van der Waals surface area contributed by atoms with Crippen LogP contribution in [0.2, 0.25) is 0 Å². The highest BCUT2D eigenvalue weighted by Crippen LogP contribution is 2.38. The Morgan fingerprint density at radius 1 is 1.15 bits per heavy atom. The van der Waals surface area contributed by atoms with Crippen LogP contribution in [0.3, 0.4) is 0 Å². The van der Waals surface area contributed by atoms with Crippen LogP contribution in [0.5, 0.6) is 0 Å². The fraction of sp³-hybridized carbons (Fsp3) is 0.500. The molecular weight excluding hydrogens is 461 g/mol. The number of nitrogens with zero attached hydrogens (tertiary/aromatic N) is 4. The van der Waals surface area contributed by atoms with E-state index < -0.39 is 36.9 Å². The van der Waals surface area contributed by atoms with Crippen LogP contribution in [0, 0.1) is 19.8 Å². The number of rotatable bonds is 6. The second-order valence-electron chi connectivity index (χ2n) is 8.05. The number of pyridine rings is 1. The van der Waals surface area contributed by atoms with Gasteiger partial charge >= 0.3 is 6.18 Å². The number of aliphatic hydroxyl groups excluding tert-OH is 3. The topological polar surface area (TPSA) is 136 Å². The molecule has 5 N–H and O–H groups in total. The molecule has 0 aliphatic heterocycles. The van der Waals surface area contributed by atoms with Crippen LogP contribution in [0.1, 0.15) is 17.8 Å². The van der Waals surface area contributed by atoms with E-state index in [9.17, 15) is 28.5 Å². The zero-order valence-electron chi connectivity index (χ0n) is 17.8. The molecule has 0 spiro atoms. The van der Waals surface area contributed by atoms with Crippen molar-refractivity contribution in [2.24, 2.45) is 5.92 Å². The lowest BCUT2D eigenvalue weighted by molar-refractivity contribution is -0.115. The van der Waals surface area contributed by atoms with Gasteiger partial charge in [0.15, 0.2) is 0 Å². The molecule has 3 aromatic rings. The van der Waals surface area contributed by atoms with Crippen LogP contribution in [0.4, 0.5) is 24.9 Å². The minimum absolute atomic E-state index is 0.172. The Kier molecular flexibility index (Phi) is 6.40. The van der Waals surface area contributed by atoms with Gasteiger partial charge in [0.05, 0.1) is 34.3 Å². The number of alkyl halides is 3. The lowest BCUT2D eigenvalue weighted by Gasteiger charge is -2.21. The van der Waals surface area contributed by atoms with Crippen molar-refractivity contribution in [3.05, 3.63) is 23.7 Å². The average Bonchev–Trinajstić information content (AvgIpc) is 3.26. The normalized spacial score (nSPS) is 23.3. The van der Waals surface area contributed by atoms with E-state index in [0.717, 1.165) is 10.4 Å². The maximum atomic E-state index is 12.7. The third-order valence-corrected chi connectivity index (χ3v) is 6.56. The summed E-state index contributed by atoms with van der Waals surface area (Å²) in [6.07, 6.45) is -4.91. The van der Waals surface area contributed by atoms with E-state index in [1.165, 1.54) is 11.3 Å². The second kappa shape index (κ2) is 8.97. The number of aryl methyl sites for hydroxylation is 2. The smallest absolute Gasteiger partial charge is 0.396 e. The van der Waals surface area contributed by atoms with Crippen LogP contribution < -0.4 is 10.6 Å². The van der Waals surface area contributed by atoms with Gasteiger partial charge in [-0.05, 0) is 26.3 Å². The molecule has 13 heteroatoms. The SMILES string of the molecule is Cc1cc2sc(-c3c(C)nc(NCC(F)(F)F)nc3N[C@@H]3C[C@H](CO)[C@@H](O)[C@H]3O)nc2cn1. The molecule has 0 amide bonds. The third kappa shape index (κ3) is 5.00. The monoisotopic (exact) mass is 484 g/mol. The fourth-order valence-electron chi connectivity index (χ4n) is 3.85. The first kappa shape index (κ1) is 23.5. The number of thiazole rings is 1. The van der Waals surface area contributed by atoms with Crippen LogP contribution in [0.15, 0.2) is 12.3 Å². The summed E-state index contributed by atoms with van der Waals surface area (Å²) >= 11 is 1.36. The largest absolute Gasteiger partial charge is 0.405 e. The molecule has 3 heterocycles. The van der Waals surface area contributed by atoms with Gasteiger partial charge in [-0.25, -0.2) is 9.97 Å². The summed E-state index contributed by atoms with van der Waals surface area (Å²) in [6.45, 7) is 1.86. The van der Waals surface area contributed by atoms with E-state index >= 15 is 0 Å². The van der Waals surface area contributed by atoms with Gasteiger partial charge in [-0.2, -0.15) is 18.2 Å². The number of aromatic nitrogens is 4. The van der Waals surface area contributed by atoms with Gasteiger partial charge in [-0.1, -0.05) is 0 Å². The number of nitrogens with one attached hydrogen (secondary N) is 2. The maximum Gasteiger partial charge on any atom is 0.405 e. The van der Waals surface area contributed by atoms with Gasteiger partial charge in [0.2, 0.25) is 5.95 Å². The minimum Gasteiger partial charge on any atom is -0.396 e. The van der Waals surface area contributed by atoms with E-state index in [1.807, 2.05) is 13.0 Å². The highest BCUT2D eigenvalue weighted by atomic mass is 32.1.